The van der Waals surface area contributed by atoms with Gasteiger partial charge in [-0.1, -0.05) is 17.7 Å². The second-order valence-electron chi connectivity index (χ2n) is 10.6. The number of benzene rings is 1. The first-order valence-corrected chi connectivity index (χ1v) is 11.4. The van der Waals surface area contributed by atoms with Crippen molar-refractivity contribution in [2.24, 2.45) is 0 Å². The number of hydrogen-bond acceptors (Lipinski definition) is 5. The Kier molecular flexibility index (Phi) is 6.64. The molecule has 1 aromatic rings. The SMILES string of the molecule is CN(C(=O)OC(C)(C)C)[C@H]1CCN(C(=O)c2ccc(B3OC(C)(C)C(C)(C)O3)c(Cl)c2)C1. The van der Waals surface area contributed by atoms with E-state index in [2.05, 4.69) is 0 Å². The molecule has 2 amide bonds. The Labute approximate surface area is 196 Å². The predicted molar refractivity (Wildman–Crippen MR) is 125 cm³/mol. The van der Waals surface area contributed by atoms with Gasteiger partial charge in [0.15, 0.2) is 0 Å². The lowest BCUT2D eigenvalue weighted by Gasteiger charge is -2.32. The molecule has 2 aliphatic rings. The standard InChI is InChI=1S/C23H34BClN2O5/c1-21(2,3)30-20(29)26(8)16-11-12-27(14-16)19(28)15-9-10-17(18(25)13-15)24-31-22(4,5)23(6,7)32-24/h9-10,13,16H,11-12,14H2,1-8H3/t16-/m0/s1. The molecule has 1 aromatic carbocycles. The lowest BCUT2D eigenvalue weighted by atomic mass is 9.78. The first-order chi connectivity index (χ1) is 14.6. The Balaban J connectivity index is 1.67. The van der Waals surface area contributed by atoms with Crippen molar-refractivity contribution in [3.63, 3.8) is 0 Å². The molecule has 176 valence electrons. The van der Waals surface area contributed by atoms with Gasteiger partial charge in [0.25, 0.3) is 5.91 Å². The summed E-state index contributed by atoms with van der Waals surface area (Å²) in [6.07, 6.45) is 0.313. The molecule has 0 spiro atoms. The molecule has 2 fully saturated rings. The molecule has 3 rings (SSSR count). The van der Waals surface area contributed by atoms with E-state index in [0.717, 1.165) is 0 Å². The molecule has 0 saturated carbocycles. The van der Waals surface area contributed by atoms with Crippen molar-refractivity contribution in [3.05, 3.63) is 28.8 Å². The minimum Gasteiger partial charge on any atom is -0.444 e. The summed E-state index contributed by atoms with van der Waals surface area (Å²) in [5.41, 5.74) is -0.308. The van der Waals surface area contributed by atoms with Crippen LogP contribution in [0.2, 0.25) is 5.02 Å². The number of carbonyl (C=O) groups excluding carboxylic acids is 2. The zero-order valence-electron chi connectivity index (χ0n) is 20.3. The van der Waals surface area contributed by atoms with E-state index in [1.54, 1.807) is 35.0 Å². The molecule has 9 heteroatoms. The maximum Gasteiger partial charge on any atom is 0.496 e. The fourth-order valence-electron chi connectivity index (χ4n) is 3.73. The third-order valence-corrected chi connectivity index (χ3v) is 6.76. The predicted octanol–water partition coefficient (Wildman–Crippen LogP) is 3.72. The van der Waals surface area contributed by atoms with E-state index in [4.69, 9.17) is 25.6 Å². The van der Waals surface area contributed by atoms with Crippen molar-refractivity contribution in [3.8, 4) is 0 Å². The smallest absolute Gasteiger partial charge is 0.444 e. The van der Waals surface area contributed by atoms with Gasteiger partial charge in [-0.2, -0.15) is 0 Å². The Morgan fingerprint density at radius 2 is 1.78 bits per heavy atom. The fourth-order valence-corrected chi connectivity index (χ4v) is 4.00. The summed E-state index contributed by atoms with van der Waals surface area (Å²) in [4.78, 5) is 28.7. The van der Waals surface area contributed by atoms with Crippen LogP contribution in [0.4, 0.5) is 4.79 Å². The summed E-state index contributed by atoms with van der Waals surface area (Å²) >= 11 is 6.53. The molecule has 1 atom stereocenters. The van der Waals surface area contributed by atoms with Crippen molar-refractivity contribution in [2.75, 3.05) is 20.1 Å². The molecule has 0 radical (unpaired) electrons. The van der Waals surface area contributed by atoms with Gasteiger partial charge in [-0.15, -0.1) is 0 Å². The van der Waals surface area contributed by atoms with Crippen LogP contribution in [0.5, 0.6) is 0 Å². The number of halogens is 1. The molecular formula is C23H34BClN2O5. The summed E-state index contributed by atoms with van der Waals surface area (Å²) in [5.74, 6) is -0.118. The monoisotopic (exact) mass is 464 g/mol. The quantitative estimate of drug-likeness (QED) is 0.638. The highest BCUT2D eigenvalue weighted by Crippen LogP contribution is 2.37. The van der Waals surface area contributed by atoms with Crippen LogP contribution in [0.1, 0.15) is 65.2 Å². The molecule has 2 heterocycles. The summed E-state index contributed by atoms with van der Waals surface area (Å²) in [7, 11) is 1.12. The molecular weight excluding hydrogens is 431 g/mol. The lowest BCUT2D eigenvalue weighted by Crippen LogP contribution is -2.42. The molecule has 0 aliphatic carbocycles. The van der Waals surface area contributed by atoms with Gasteiger partial charge in [-0.05, 0) is 67.0 Å². The van der Waals surface area contributed by atoms with E-state index in [0.29, 0.717) is 35.6 Å². The van der Waals surface area contributed by atoms with Crippen molar-refractivity contribution in [1.29, 1.82) is 0 Å². The number of likely N-dealkylation sites (tertiary alicyclic amines) is 1. The molecule has 0 N–H and O–H groups in total. The number of carbonyl (C=O) groups is 2. The van der Waals surface area contributed by atoms with Crippen LogP contribution in [0.15, 0.2) is 18.2 Å². The fraction of sp³-hybridized carbons (Fsp3) is 0.652. The topological polar surface area (TPSA) is 68.3 Å². The number of rotatable bonds is 3. The number of ether oxygens (including phenoxy) is 1. The van der Waals surface area contributed by atoms with Gasteiger partial charge in [0, 0.05) is 36.2 Å². The van der Waals surface area contributed by atoms with Crippen molar-refractivity contribution in [1.82, 2.24) is 9.80 Å². The van der Waals surface area contributed by atoms with E-state index in [1.807, 2.05) is 48.5 Å². The summed E-state index contributed by atoms with van der Waals surface area (Å²) < 4.78 is 17.6. The van der Waals surface area contributed by atoms with Crippen molar-refractivity contribution < 1.29 is 23.6 Å². The van der Waals surface area contributed by atoms with E-state index >= 15 is 0 Å². The highest BCUT2D eigenvalue weighted by molar-refractivity contribution is 6.65. The number of nitrogens with zero attached hydrogens (tertiary/aromatic N) is 2. The average molecular weight is 465 g/mol. The summed E-state index contributed by atoms with van der Waals surface area (Å²) in [6.45, 7) is 14.4. The minimum absolute atomic E-state index is 0.0895. The average Bonchev–Trinajstić information content (AvgIpc) is 3.21. The molecule has 0 bridgehead atoms. The minimum atomic E-state index is -0.588. The van der Waals surface area contributed by atoms with Crippen LogP contribution < -0.4 is 5.46 Å². The van der Waals surface area contributed by atoms with Gasteiger partial charge in [-0.3, -0.25) is 4.79 Å². The molecule has 2 aliphatic heterocycles. The summed E-state index contributed by atoms with van der Waals surface area (Å²) in [6, 6.07) is 5.11. The Hall–Kier alpha value is -1.77. The summed E-state index contributed by atoms with van der Waals surface area (Å²) in [5, 5.41) is 0.427. The first-order valence-electron chi connectivity index (χ1n) is 11.0. The highest BCUT2D eigenvalue weighted by Gasteiger charge is 2.52. The van der Waals surface area contributed by atoms with Crippen LogP contribution in [0.3, 0.4) is 0 Å². The first kappa shape index (κ1) is 24.9. The lowest BCUT2D eigenvalue weighted by molar-refractivity contribution is 0.00578. The number of amides is 2. The van der Waals surface area contributed by atoms with Crippen LogP contribution in [-0.4, -0.2) is 71.9 Å². The molecule has 7 nitrogen and oxygen atoms in total. The second kappa shape index (κ2) is 8.54. The van der Waals surface area contributed by atoms with Gasteiger partial charge in [0.1, 0.15) is 5.60 Å². The normalized spacial score (nSPS) is 22.2. The van der Waals surface area contributed by atoms with Crippen molar-refractivity contribution in [2.45, 2.75) is 77.7 Å². The zero-order valence-corrected chi connectivity index (χ0v) is 21.1. The maximum absolute atomic E-state index is 13.1. The van der Waals surface area contributed by atoms with Crippen LogP contribution in [0, 0.1) is 0 Å². The Morgan fingerprint density at radius 1 is 1.19 bits per heavy atom. The molecule has 2 saturated heterocycles. The highest BCUT2D eigenvalue weighted by atomic mass is 35.5. The zero-order chi connectivity index (χ0) is 24.1. The van der Waals surface area contributed by atoms with E-state index in [9.17, 15) is 9.59 Å². The van der Waals surface area contributed by atoms with Crippen LogP contribution in [-0.2, 0) is 14.0 Å². The van der Waals surface area contributed by atoms with E-state index in [1.165, 1.54) is 0 Å². The molecule has 0 aromatic heterocycles. The van der Waals surface area contributed by atoms with Gasteiger partial charge in [0.05, 0.1) is 17.2 Å². The van der Waals surface area contributed by atoms with Crippen LogP contribution >= 0.6 is 11.6 Å². The molecule has 32 heavy (non-hydrogen) atoms. The third-order valence-electron chi connectivity index (χ3n) is 6.43. The Morgan fingerprint density at radius 3 is 2.31 bits per heavy atom. The third kappa shape index (κ3) is 5.08. The largest absolute Gasteiger partial charge is 0.496 e. The second-order valence-corrected chi connectivity index (χ2v) is 11.0. The van der Waals surface area contributed by atoms with Crippen LogP contribution in [0.25, 0.3) is 0 Å². The van der Waals surface area contributed by atoms with Gasteiger partial charge in [-0.25, -0.2) is 4.79 Å². The van der Waals surface area contributed by atoms with E-state index < -0.39 is 23.9 Å². The number of likely N-dealkylation sites (N-methyl/N-ethyl adjacent to an activating group) is 1. The van der Waals surface area contributed by atoms with Gasteiger partial charge >= 0.3 is 13.2 Å². The van der Waals surface area contributed by atoms with Crippen molar-refractivity contribution >= 4 is 36.2 Å². The molecule has 0 unspecified atom stereocenters. The van der Waals surface area contributed by atoms with Gasteiger partial charge < -0.3 is 23.8 Å². The Bertz CT molecular complexity index is 883. The number of hydrogen-bond donors (Lipinski definition) is 0. The maximum atomic E-state index is 13.1. The van der Waals surface area contributed by atoms with Gasteiger partial charge in [0.2, 0.25) is 0 Å². The van der Waals surface area contributed by atoms with E-state index in [-0.39, 0.29) is 18.0 Å².